The number of benzene rings is 2. The van der Waals surface area contributed by atoms with Crippen LogP contribution in [0.2, 0.25) is 0 Å². The normalized spacial score (nSPS) is 10.3. The van der Waals surface area contributed by atoms with E-state index in [2.05, 4.69) is 20.8 Å². The van der Waals surface area contributed by atoms with Gasteiger partial charge in [-0.1, -0.05) is 24.3 Å². The average molecular weight is 362 g/mol. The number of hydrogen-bond donors (Lipinski definition) is 2. The number of aromatic nitrogens is 2. The number of anilines is 2. The molecule has 0 aliphatic heterocycles. The lowest BCUT2D eigenvalue weighted by Gasteiger charge is -2.10. The molecule has 0 atom stereocenters. The topological polar surface area (TPSA) is 76.1 Å². The van der Waals surface area contributed by atoms with Crippen molar-refractivity contribution >= 4 is 17.4 Å². The van der Waals surface area contributed by atoms with Crippen molar-refractivity contribution in [2.75, 3.05) is 17.7 Å². The van der Waals surface area contributed by atoms with Gasteiger partial charge in [-0.05, 0) is 55.3 Å². The van der Waals surface area contributed by atoms with Crippen LogP contribution >= 0.6 is 0 Å². The maximum atomic E-state index is 12.3. The molecule has 1 aromatic heterocycles. The van der Waals surface area contributed by atoms with E-state index in [-0.39, 0.29) is 11.6 Å². The number of amides is 1. The van der Waals surface area contributed by atoms with E-state index in [0.717, 1.165) is 22.6 Å². The Morgan fingerprint density at radius 2 is 1.81 bits per heavy atom. The summed E-state index contributed by atoms with van der Waals surface area (Å²) in [6.07, 6.45) is 0. The van der Waals surface area contributed by atoms with Crippen LogP contribution in [-0.4, -0.2) is 23.2 Å². The Morgan fingerprint density at radius 1 is 1.00 bits per heavy atom. The third kappa shape index (κ3) is 4.61. The first-order valence-electron chi connectivity index (χ1n) is 8.65. The molecule has 0 radical (unpaired) electrons. The van der Waals surface area contributed by atoms with Crippen LogP contribution in [0.15, 0.2) is 54.6 Å². The largest absolute Gasteiger partial charge is 0.496 e. The van der Waals surface area contributed by atoms with Crippen LogP contribution in [-0.2, 0) is 6.54 Å². The highest BCUT2D eigenvalue weighted by molar-refractivity contribution is 6.02. The molecule has 2 N–H and O–H groups in total. The molecule has 1 amide bonds. The molecule has 0 saturated carbocycles. The predicted octanol–water partition coefficient (Wildman–Crippen LogP) is 3.97. The van der Waals surface area contributed by atoms with Gasteiger partial charge in [0.1, 0.15) is 11.6 Å². The Bertz CT molecular complexity index is 939. The molecule has 0 bridgehead atoms. The summed E-state index contributed by atoms with van der Waals surface area (Å²) in [5, 5.41) is 14.1. The van der Waals surface area contributed by atoms with E-state index in [1.54, 1.807) is 19.2 Å². The predicted molar refractivity (Wildman–Crippen MR) is 106 cm³/mol. The van der Waals surface area contributed by atoms with E-state index in [4.69, 9.17) is 4.74 Å². The van der Waals surface area contributed by atoms with Crippen molar-refractivity contribution in [3.8, 4) is 5.75 Å². The van der Waals surface area contributed by atoms with Gasteiger partial charge in [0.05, 0.1) is 7.11 Å². The van der Waals surface area contributed by atoms with Gasteiger partial charge in [0.2, 0.25) is 0 Å². The number of ether oxygens (including phenoxy) is 1. The zero-order valence-electron chi connectivity index (χ0n) is 15.6. The first-order valence-corrected chi connectivity index (χ1v) is 8.65. The lowest BCUT2D eigenvalue weighted by atomic mass is 10.1. The first-order chi connectivity index (χ1) is 13.1. The summed E-state index contributed by atoms with van der Waals surface area (Å²) in [4.78, 5) is 12.3. The molecule has 27 heavy (non-hydrogen) atoms. The number of carbonyl (C=O) groups excluding carboxylic acids is 1. The van der Waals surface area contributed by atoms with Crippen molar-refractivity contribution < 1.29 is 9.53 Å². The Hall–Kier alpha value is -3.41. The minimum Gasteiger partial charge on any atom is -0.496 e. The minimum absolute atomic E-state index is 0.260. The summed E-state index contributed by atoms with van der Waals surface area (Å²) in [6, 6.07) is 16.9. The number of carbonyl (C=O) groups is 1. The van der Waals surface area contributed by atoms with E-state index in [1.807, 2.05) is 56.3 Å². The van der Waals surface area contributed by atoms with Crippen molar-refractivity contribution in [2.24, 2.45) is 0 Å². The number of nitrogens with one attached hydrogen (secondary N) is 2. The lowest BCUT2D eigenvalue weighted by Crippen LogP contribution is -2.15. The van der Waals surface area contributed by atoms with Gasteiger partial charge >= 0.3 is 0 Å². The van der Waals surface area contributed by atoms with E-state index in [9.17, 15) is 4.79 Å². The van der Waals surface area contributed by atoms with Gasteiger partial charge in [-0.2, -0.15) is 0 Å². The quantitative estimate of drug-likeness (QED) is 0.694. The molecule has 3 aromatic rings. The number of nitrogens with zero attached hydrogens (tertiary/aromatic N) is 2. The van der Waals surface area contributed by atoms with Crippen molar-refractivity contribution in [1.29, 1.82) is 0 Å². The van der Waals surface area contributed by atoms with Crippen LogP contribution < -0.4 is 15.4 Å². The highest BCUT2D eigenvalue weighted by atomic mass is 16.5. The van der Waals surface area contributed by atoms with Gasteiger partial charge in [0, 0.05) is 17.8 Å². The maximum absolute atomic E-state index is 12.3. The Labute approximate surface area is 158 Å². The highest BCUT2D eigenvalue weighted by Gasteiger charge is 2.09. The molecule has 0 aliphatic rings. The van der Waals surface area contributed by atoms with E-state index in [0.29, 0.717) is 12.4 Å². The van der Waals surface area contributed by atoms with Crippen LogP contribution in [0, 0.1) is 13.8 Å². The van der Waals surface area contributed by atoms with Gasteiger partial charge in [-0.15, -0.1) is 10.2 Å². The molecule has 6 heteroatoms. The standard InChI is InChI=1S/C21H22N4O2/c1-14-8-9-17(12-15(14)2)23-21(26)18-10-11-20(25-24-18)22-13-16-6-4-5-7-19(16)27-3/h4-12H,13H2,1-3H3,(H,22,25)(H,23,26). The van der Waals surface area contributed by atoms with Crippen LogP contribution in [0.25, 0.3) is 0 Å². The smallest absolute Gasteiger partial charge is 0.276 e. The zero-order valence-corrected chi connectivity index (χ0v) is 15.6. The lowest BCUT2D eigenvalue weighted by molar-refractivity contribution is 0.102. The summed E-state index contributed by atoms with van der Waals surface area (Å²) >= 11 is 0. The molecule has 0 saturated heterocycles. The average Bonchev–Trinajstić information content (AvgIpc) is 2.69. The van der Waals surface area contributed by atoms with Crippen molar-refractivity contribution in [3.05, 3.63) is 77.0 Å². The zero-order chi connectivity index (χ0) is 19.2. The van der Waals surface area contributed by atoms with Gasteiger partial charge in [-0.3, -0.25) is 4.79 Å². The molecule has 1 heterocycles. The fraction of sp³-hybridized carbons (Fsp3) is 0.190. The fourth-order valence-electron chi connectivity index (χ4n) is 2.60. The molecule has 138 valence electrons. The van der Waals surface area contributed by atoms with Crippen LogP contribution in [0.5, 0.6) is 5.75 Å². The molecule has 3 rings (SSSR count). The van der Waals surface area contributed by atoms with Crippen LogP contribution in [0.1, 0.15) is 27.2 Å². The summed E-state index contributed by atoms with van der Waals surface area (Å²) in [7, 11) is 1.64. The molecule has 6 nitrogen and oxygen atoms in total. The van der Waals surface area contributed by atoms with Crippen molar-refractivity contribution in [2.45, 2.75) is 20.4 Å². The number of para-hydroxylation sites is 1. The number of methoxy groups -OCH3 is 1. The fourth-order valence-corrected chi connectivity index (χ4v) is 2.60. The molecular weight excluding hydrogens is 340 g/mol. The Kier molecular flexibility index (Phi) is 5.66. The summed E-state index contributed by atoms with van der Waals surface area (Å²) in [6.45, 7) is 4.59. The Morgan fingerprint density at radius 3 is 2.52 bits per heavy atom. The van der Waals surface area contributed by atoms with Gasteiger partial charge in [0.25, 0.3) is 5.91 Å². The second-order valence-electron chi connectivity index (χ2n) is 6.22. The molecule has 0 spiro atoms. The summed E-state index contributed by atoms with van der Waals surface area (Å²) in [5.41, 5.74) is 4.31. The molecule has 0 unspecified atom stereocenters. The molecular formula is C21H22N4O2. The van der Waals surface area contributed by atoms with Crippen LogP contribution in [0.4, 0.5) is 11.5 Å². The number of hydrogen-bond acceptors (Lipinski definition) is 5. The summed E-state index contributed by atoms with van der Waals surface area (Å²) in [5.74, 6) is 1.10. The molecule has 2 aromatic carbocycles. The highest BCUT2D eigenvalue weighted by Crippen LogP contribution is 2.18. The SMILES string of the molecule is COc1ccccc1CNc1ccc(C(=O)Nc2ccc(C)c(C)c2)nn1. The van der Waals surface area contributed by atoms with Gasteiger partial charge in [-0.25, -0.2) is 0 Å². The second-order valence-corrected chi connectivity index (χ2v) is 6.22. The third-order valence-corrected chi connectivity index (χ3v) is 4.31. The van der Waals surface area contributed by atoms with E-state index < -0.39 is 0 Å². The van der Waals surface area contributed by atoms with E-state index in [1.165, 1.54) is 5.56 Å². The first kappa shape index (κ1) is 18.4. The van der Waals surface area contributed by atoms with Crippen LogP contribution in [0.3, 0.4) is 0 Å². The minimum atomic E-state index is -0.290. The van der Waals surface area contributed by atoms with Gasteiger partial charge < -0.3 is 15.4 Å². The van der Waals surface area contributed by atoms with E-state index >= 15 is 0 Å². The third-order valence-electron chi connectivity index (χ3n) is 4.31. The van der Waals surface area contributed by atoms with Gasteiger partial charge in [0.15, 0.2) is 5.69 Å². The Balaban J connectivity index is 1.62. The summed E-state index contributed by atoms with van der Waals surface area (Å²) < 4.78 is 5.33. The maximum Gasteiger partial charge on any atom is 0.276 e. The molecule has 0 aliphatic carbocycles. The molecule has 0 fully saturated rings. The number of rotatable bonds is 6. The van der Waals surface area contributed by atoms with Crippen molar-refractivity contribution in [1.82, 2.24) is 10.2 Å². The number of aryl methyl sites for hydroxylation is 2. The monoisotopic (exact) mass is 362 g/mol. The van der Waals surface area contributed by atoms with Crippen molar-refractivity contribution in [3.63, 3.8) is 0 Å². The second kappa shape index (κ2) is 8.31.